The molecule has 0 radical (unpaired) electrons. The summed E-state index contributed by atoms with van der Waals surface area (Å²) in [4.78, 5) is 0. The Balaban J connectivity index is 2.14. The van der Waals surface area contributed by atoms with Gasteiger partial charge in [-0.25, -0.2) is 0 Å². The molecule has 5 heteroatoms. The van der Waals surface area contributed by atoms with Crippen LogP contribution in [0, 0.1) is 0 Å². The molecule has 0 bridgehead atoms. The zero-order chi connectivity index (χ0) is 16.8. The number of halogens is 1. The van der Waals surface area contributed by atoms with E-state index in [9.17, 15) is 0 Å². The molecular formula is C17H27BClNO2. The lowest BCUT2D eigenvalue weighted by molar-refractivity contribution is 0.00578. The van der Waals surface area contributed by atoms with Crippen molar-refractivity contribution in [2.45, 2.75) is 71.8 Å². The van der Waals surface area contributed by atoms with Gasteiger partial charge in [-0.05, 0) is 60.1 Å². The molecule has 0 atom stereocenters. The van der Waals surface area contributed by atoms with Gasteiger partial charge in [0.2, 0.25) is 0 Å². The van der Waals surface area contributed by atoms with E-state index in [4.69, 9.17) is 20.9 Å². The lowest BCUT2D eigenvalue weighted by atomic mass is 9.78. The molecule has 122 valence electrons. The van der Waals surface area contributed by atoms with Gasteiger partial charge in [-0.15, -0.1) is 0 Å². The van der Waals surface area contributed by atoms with Gasteiger partial charge < -0.3 is 14.6 Å². The van der Waals surface area contributed by atoms with Crippen molar-refractivity contribution in [1.29, 1.82) is 0 Å². The van der Waals surface area contributed by atoms with Crippen LogP contribution in [0.1, 0.15) is 54.0 Å². The fourth-order valence-corrected chi connectivity index (χ4v) is 2.50. The molecule has 1 aliphatic heterocycles. The highest BCUT2D eigenvalue weighted by atomic mass is 35.5. The van der Waals surface area contributed by atoms with Gasteiger partial charge in [-0.3, -0.25) is 0 Å². The summed E-state index contributed by atoms with van der Waals surface area (Å²) in [5, 5.41) is 4.15. The lowest BCUT2D eigenvalue weighted by Gasteiger charge is -2.32. The first-order valence-electron chi connectivity index (χ1n) is 7.80. The maximum absolute atomic E-state index is 6.46. The van der Waals surface area contributed by atoms with Crippen molar-refractivity contribution >= 4 is 24.2 Å². The van der Waals surface area contributed by atoms with Crippen LogP contribution in [0.4, 0.5) is 0 Å². The largest absolute Gasteiger partial charge is 0.496 e. The van der Waals surface area contributed by atoms with Gasteiger partial charge in [0.1, 0.15) is 0 Å². The van der Waals surface area contributed by atoms with Gasteiger partial charge in [0.25, 0.3) is 0 Å². The van der Waals surface area contributed by atoms with Gasteiger partial charge in [-0.2, -0.15) is 0 Å². The Morgan fingerprint density at radius 1 is 1.09 bits per heavy atom. The summed E-state index contributed by atoms with van der Waals surface area (Å²) in [5.41, 5.74) is 1.41. The summed E-state index contributed by atoms with van der Waals surface area (Å²) in [5.74, 6) is 0. The van der Waals surface area contributed by atoms with Gasteiger partial charge in [0.05, 0.1) is 11.2 Å². The van der Waals surface area contributed by atoms with Gasteiger partial charge in [-0.1, -0.05) is 23.7 Å². The van der Waals surface area contributed by atoms with E-state index in [2.05, 4.69) is 32.2 Å². The van der Waals surface area contributed by atoms with Crippen molar-refractivity contribution in [1.82, 2.24) is 5.32 Å². The van der Waals surface area contributed by atoms with Crippen LogP contribution in [0.3, 0.4) is 0 Å². The minimum atomic E-state index is -0.415. The second kappa shape index (κ2) is 5.83. The van der Waals surface area contributed by atoms with Crippen LogP contribution in [0.2, 0.25) is 5.02 Å². The van der Waals surface area contributed by atoms with Crippen LogP contribution in [0.15, 0.2) is 18.2 Å². The predicted octanol–water partition coefficient (Wildman–Crippen LogP) is 3.53. The Bertz CT molecular complexity index is 536. The molecular weight excluding hydrogens is 296 g/mol. The molecule has 0 spiro atoms. The van der Waals surface area contributed by atoms with Crippen LogP contribution in [0.25, 0.3) is 0 Å². The standard InChI is InChI=1S/C17H27BClNO2/c1-15(2,3)20-11-12-8-9-13(14(19)10-12)18-21-16(4,5)17(6,7)22-18/h8-10,20H,11H2,1-7H3. The molecule has 1 heterocycles. The monoisotopic (exact) mass is 323 g/mol. The first-order chi connectivity index (χ1) is 9.91. The molecule has 22 heavy (non-hydrogen) atoms. The Hall–Kier alpha value is -0.545. The van der Waals surface area contributed by atoms with Crippen LogP contribution < -0.4 is 10.8 Å². The summed E-state index contributed by atoms with van der Waals surface area (Å²) in [7, 11) is -0.415. The average molecular weight is 324 g/mol. The quantitative estimate of drug-likeness (QED) is 0.863. The highest BCUT2D eigenvalue weighted by Crippen LogP contribution is 2.37. The zero-order valence-corrected chi connectivity index (χ0v) is 15.5. The third-order valence-electron chi connectivity index (χ3n) is 4.39. The first kappa shape index (κ1) is 17.8. The van der Waals surface area contributed by atoms with Crippen molar-refractivity contribution in [2.75, 3.05) is 0 Å². The van der Waals surface area contributed by atoms with Crippen molar-refractivity contribution in [3.63, 3.8) is 0 Å². The highest BCUT2D eigenvalue weighted by Gasteiger charge is 2.52. The van der Waals surface area contributed by atoms with Crippen molar-refractivity contribution in [3.8, 4) is 0 Å². The molecule has 1 aromatic carbocycles. The number of rotatable bonds is 3. The van der Waals surface area contributed by atoms with E-state index in [1.54, 1.807) is 0 Å². The van der Waals surface area contributed by atoms with E-state index in [1.165, 1.54) is 0 Å². The second-order valence-corrected chi connectivity index (χ2v) is 8.45. The van der Waals surface area contributed by atoms with Crippen molar-refractivity contribution in [3.05, 3.63) is 28.8 Å². The minimum absolute atomic E-state index is 0.0802. The molecule has 1 aromatic rings. The van der Waals surface area contributed by atoms with Crippen molar-refractivity contribution in [2.24, 2.45) is 0 Å². The third-order valence-corrected chi connectivity index (χ3v) is 4.72. The Kier molecular flexibility index (Phi) is 4.71. The zero-order valence-electron chi connectivity index (χ0n) is 14.7. The van der Waals surface area contributed by atoms with E-state index in [0.717, 1.165) is 17.6 Å². The van der Waals surface area contributed by atoms with E-state index < -0.39 is 7.12 Å². The molecule has 1 aliphatic rings. The summed E-state index contributed by atoms with van der Waals surface area (Å²) < 4.78 is 12.1. The first-order valence-corrected chi connectivity index (χ1v) is 8.18. The molecule has 0 amide bonds. The highest BCUT2D eigenvalue weighted by molar-refractivity contribution is 6.65. The normalized spacial score (nSPS) is 20.5. The average Bonchev–Trinajstić information content (AvgIpc) is 2.55. The molecule has 3 nitrogen and oxygen atoms in total. The summed E-state index contributed by atoms with van der Waals surface area (Å²) in [6.45, 7) is 15.4. The maximum atomic E-state index is 6.46. The summed E-state index contributed by atoms with van der Waals surface area (Å²) in [6, 6.07) is 6.07. The lowest BCUT2D eigenvalue weighted by Crippen LogP contribution is -2.41. The molecule has 1 saturated heterocycles. The summed E-state index contributed by atoms with van der Waals surface area (Å²) in [6.07, 6.45) is 0. The smallest absolute Gasteiger partial charge is 0.399 e. The molecule has 0 unspecified atom stereocenters. The Labute approximate surface area is 139 Å². The van der Waals surface area contributed by atoms with E-state index in [-0.39, 0.29) is 16.7 Å². The number of nitrogens with one attached hydrogen (secondary N) is 1. The van der Waals surface area contributed by atoms with E-state index in [0.29, 0.717) is 5.02 Å². The fourth-order valence-electron chi connectivity index (χ4n) is 2.21. The van der Waals surface area contributed by atoms with Gasteiger partial charge in [0.15, 0.2) is 0 Å². The number of hydrogen-bond donors (Lipinski definition) is 1. The second-order valence-electron chi connectivity index (χ2n) is 8.05. The number of hydrogen-bond acceptors (Lipinski definition) is 3. The minimum Gasteiger partial charge on any atom is -0.399 e. The Morgan fingerprint density at radius 3 is 2.09 bits per heavy atom. The number of benzene rings is 1. The van der Waals surface area contributed by atoms with Gasteiger partial charge >= 0.3 is 7.12 Å². The topological polar surface area (TPSA) is 30.5 Å². The van der Waals surface area contributed by atoms with Crippen LogP contribution >= 0.6 is 11.6 Å². The van der Waals surface area contributed by atoms with Crippen LogP contribution in [0.5, 0.6) is 0 Å². The van der Waals surface area contributed by atoms with Crippen LogP contribution in [-0.4, -0.2) is 23.9 Å². The molecule has 1 N–H and O–H groups in total. The predicted molar refractivity (Wildman–Crippen MR) is 93.8 cm³/mol. The SMILES string of the molecule is CC(C)(C)NCc1ccc(B2OC(C)(C)C(C)(C)O2)c(Cl)c1. The van der Waals surface area contributed by atoms with Gasteiger partial charge in [0, 0.05) is 22.6 Å². The molecule has 1 fully saturated rings. The van der Waals surface area contributed by atoms with Crippen molar-refractivity contribution < 1.29 is 9.31 Å². The van der Waals surface area contributed by atoms with E-state index in [1.807, 2.05) is 39.8 Å². The molecule has 2 rings (SSSR count). The van der Waals surface area contributed by atoms with Crippen LogP contribution in [-0.2, 0) is 15.9 Å². The molecule has 0 aliphatic carbocycles. The molecule has 0 saturated carbocycles. The summed E-state index contributed by atoms with van der Waals surface area (Å²) >= 11 is 6.46. The fraction of sp³-hybridized carbons (Fsp3) is 0.647. The molecule has 0 aromatic heterocycles. The van der Waals surface area contributed by atoms with E-state index >= 15 is 0 Å². The maximum Gasteiger partial charge on any atom is 0.496 e. The Morgan fingerprint density at radius 2 is 1.64 bits per heavy atom. The third kappa shape index (κ3) is 3.86.